The fourth-order valence-corrected chi connectivity index (χ4v) is 1.41. The zero-order valence-corrected chi connectivity index (χ0v) is 7.74. The SMILES string of the molecule is O=S1OCC(COCC(O)CO)O1. The molecule has 0 radical (unpaired) electrons. The van der Waals surface area contributed by atoms with Crippen molar-refractivity contribution in [3.63, 3.8) is 0 Å². The Morgan fingerprint density at radius 1 is 1.69 bits per heavy atom. The summed E-state index contributed by atoms with van der Waals surface area (Å²) in [6.07, 6.45) is -1.24. The highest BCUT2D eigenvalue weighted by atomic mass is 32.2. The average Bonchev–Trinajstić information content (AvgIpc) is 2.51. The number of aliphatic hydroxyl groups excluding tert-OH is 2. The van der Waals surface area contributed by atoms with Gasteiger partial charge in [-0.2, -0.15) is 4.21 Å². The Hall–Kier alpha value is -0.0500. The van der Waals surface area contributed by atoms with E-state index in [-0.39, 0.29) is 32.5 Å². The molecule has 2 N–H and O–H groups in total. The molecule has 1 fully saturated rings. The Balaban J connectivity index is 2.03. The van der Waals surface area contributed by atoms with Crippen LogP contribution in [0.4, 0.5) is 0 Å². The highest BCUT2D eigenvalue weighted by Crippen LogP contribution is 2.08. The van der Waals surface area contributed by atoms with Crippen LogP contribution in [0, 0.1) is 0 Å². The van der Waals surface area contributed by atoms with Gasteiger partial charge in [-0.3, -0.25) is 8.37 Å². The molecule has 3 atom stereocenters. The van der Waals surface area contributed by atoms with Crippen LogP contribution < -0.4 is 0 Å². The molecular weight excluding hydrogens is 200 g/mol. The lowest BCUT2D eigenvalue weighted by molar-refractivity contribution is -0.0148. The van der Waals surface area contributed by atoms with Gasteiger partial charge in [-0.15, -0.1) is 0 Å². The summed E-state index contributed by atoms with van der Waals surface area (Å²) < 4.78 is 24.9. The van der Waals surface area contributed by atoms with Gasteiger partial charge in [0, 0.05) is 0 Å². The first-order valence-electron chi connectivity index (χ1n) is 3.81. The molecule has 1 saturated heterocycles. The van der Waals surface area contributed by atoms with Gasteiger partial charge in [-0.25, -0.2) is 0 Å². The van der Waals surface area contributed by atoms with Crippen LogP contribution in [-0.4, -0.2) is 53.1 Å². The number of aliphatic hydroxyl groups is 2. The van der Waals surface area contributed by atoms with Crippen molar-refractivity contribution in [1.82, 2.24) is 0 Å². The first-order chi connectivity index (χ1) is 6.22. The molecule has 0 saturated carbocycles. The van der Waals surface area contributed by atoms with Gasteiger partial charge in [-0.1, -0.05) is 0 Å². The quantitative estimate of drug-likeness (QED) is 0.568. The molecule has 6 nitrogen and oxygen atoms in total. The van der Waals surface area contributed by atoms with E-state index in [4.69, 9.17) is 19.1 Å². The molecule has 1 rings (SSSR count). The zero-order chi connectivity index (χ0) is 9.68. The number of hydrogen-bond donors (Lipinski definition) is 2. The summed E-state index contributed by atoms with van der Waals surface area (Å²) in [5, 5.41) is 17.3. The number of rotatable bonds is 5. The molecule has 3 unspecified atom stereocenters. The summed E-state index contributed by atoms with van der Waals surface area (Å²) >= 11 is -1.66. The average molecular weight is 212 g/mol. The molecule has 0 bridgehead atoms. The molecule has 0 amide bonds. The van der Waals surface area contributed by atoms with Gasteiger partial charge in [0.2, 0.25) is 0 Å². The molecule has 1 aliphatic heterocycles. The second-order valence-corrected chi connectivity index (χ2v) is 3.42. The van der Waals surface area contributed by atoms with Crippen molar-refractivity contribution in [3.05, 3.63) is 0 Å². The Morgan fingerprint density at radius 3 is 3.00 bits per heavy atom. The monoisotopic (exact) mass is 212 g/mol. The summed E-state index contributed by atoms with van der Waals surface area (Å²) in [5.74, 6) is 0. The molecule has 0 aromatic carbocycles. The highest BCUT2D eigenvalue weighted by Gasteiger charge is 2.23. The van der Waals surface area contributed by atoms with Gasteiger partial charge >= 0.3 is 11.4 Å². The van der Waals surface area contributed by atoms with Crippen molar-refractivity contribution in [2.24, 2.45) is 0 Å². The number of ether oxygens (including phenoxy) is 1. The van der Waals surface area contributed by atoms with Gasteiger partial charge in [0.1, 0.15) is 12.2 Å². The predicted molar refractivity (Wildman–Crippen MR) is 42.9 cm³/mol. The second kappa shape index (κ2) is 5.63. The summed E-state index contributed by atoms with van der Waals surface area (Å²) in [5.41, 5.74) is 0. The molecule has 0 aromatic heterocycles. The smallest absolute Gasteiger partial charge is 0.305 e. The lowest BCUT2D eigenvalue weighted by Crippen LogP contribution is -2.24. The van der Waals surface area contributed by atoms with E-state index in [1.54, 1.807) is 0 Å². The molecule has 0 aliphatic carbocycles. The van der Waals surface area contributed by atoms with Crippen LogP contribution in [0.5, 0.6) is 0 Å². The van der Waals surface area contributed by atoms with Crippen LogP contribution in [0.1, 0.15) is 0 Å². The first-order valence-corrected chi connectivity index (χ1v) is 4.81. The second-order valence-electron chi connectivity index (χ2n) is 2.58. The summed E-state index contributed by atoms with van der Waals surface area (Å²) in [7, 11) is 0. The van der Waals surface area contributed by atoms with Crippen molar-refractivity contribution in [2.75, 3.05) is 26.4 Å². The lowest BCUT2D eigenvalue weighted by Gasteiger charge is -2.09. The first kappa shape index (κ1) is 11.0. The van der Waals surface area contributed by atoms with Crippen molar-refractivity contribution in [1.29, 1.82) is 0 Å². The van der Waals surface area contributed by atoms with E-state index in [1.807, 2.05) is 0 Å². The number of hydrogen-bond acceptors (Lipinski definition) is 6. The van der Waals surface area contributed by atoms with Crippen LogP contribution in [0.2, 0.25) is 0 Å². The fourth-order valence-electron chi connectivity index (χ4n) is 0.762. The van der Waals surface area contributed by atoms with E-state index in [0.29, 0.717) is 0 Å². The summed E-state index contributed by atoms with van der Waals surface area (Å²) in [4.78, 5) is 0. The van der Waals surface area contributed by atoms with Gasteiger partial charge < -0.3 is 14.9 Å². The van der Waals surface area contributed by atoms with E-state index in [9.17, 15) is 4.21 Å². The zero-order valence-electron chi connectivity index (χ0n) is 6.92. The highest BCUT2D eigenvalue weighted by molar-refractivity contribution is 7.75. The Labute approximate surface area is 78.3 Å². The molecule has 0 spiro atoms. The molecule has 0 aromatic rings. The van der Waals surface area contributed by atoms with Crippen molar-refractivity contribution < 1.29 is 27.5 Å². The minimum atomic E-state index is -1.66. The van der Waals surface area contributed by atoms with Crippen molar-refractivity contribution >= 4 is 11.4 Å². The third-order valence-electron chi connectivity index (χ3n) is 1.39. The van der Waals surface area contributed by atoms with Gasteiger partial charge in [-0.05, 0) is 0 Å². The molecule has 78 valence electrons. The maximum atomic E-state index is 10.5. The molecule has 1 aliphatic rings. The van der Waals surface area contributed by atoms with Crippen LogP contribution in [-0.2, 0) is 24.5 Å². The van der Waals surface area contributed by atoms with Crippen LogP contribution in [0.3, 0.4) is 0 Å². The van der Waals surface area contributed by atoms with Crippen molar-refractivity contribution in [3.8, 4) is 0 Å². The molecule has 7 heteroatoms. The lowest BCUT2D eigenvalue weighted by atomic mass is 10.4. The Morgan fingerprint density at radius 2 is 2.46 bits per heavy atom. The van der Waals surface area contributed by atoms with Crippen LogP contribution in [0.25, 0.3) is 0 Å². The van der Waals surface area contributed by atoms with E-state index in [2.05, 4.69) is 4.18 Å². The van der Waals surface area contributed by atoms with Crippen LogP contribution >= 0.6 is 0 Å². The van der Waals surface area contributed by atoms with E-state index >= 15 is 0 Å². The fraction of sp³-hybridized carbons (Fsp3) is 1.00. The minimum absolute atomic E-state index is 0.0307. The van der Waals surface area contributed by atoms with Gasteiger partial charge in [0.25, 0.3) is 0 Å². The van der Waals surface area contributed by atoms with Gasteiger partial charge in [0.05, 0.1) is 26.4 Å². The maximum Gasteiger partial charge on any atom is 0.305 e. The molecule has 13 heavy (non-hydrogen) atoms. The standard InChI is InChI=1S/C6H12O6S/c7-1-5(8)2-10-3-6-4-11-13(9)12-6/h5-8H,1-4H2. The topological polar surface area (TPSA) is 85.2 Å². The molecular formula is C6H12O6S. The third kappa shape index (κ3) is 4.12. The minimum Gasteiger partial charge on any atom is -0.394 e. The van der Waals surface area contributed by atoms with Crippen LogP contribution in [0.15, 0.2) is 0 Å². The normalized spacial score (nSPS) is 30.6. The maximum absolute atomic E-state index is 10.5. The van der Waals surface area contributed by atoms with Gasteiger partial charge in [0.15, 0.2) is 0 Å². The molecule has 1 heterocycles. The summed E-state index contributed by atoms with van der Waals surface area (Å²) in [6, 6.07) is 0. The Kier molecular flexibility index (Phi) is 4.78. The summed E-state index contributed by atoms with van der Waals surface area (Å²) in [6.45, 7) is 0.113. The van der Waals surface area contributed by atoms with E-state index in [1.165, 1.54) is 0 Å². The van der Waals surface area contributed by atoms with E-state index in [0.717, 1.165) is 0 Å². The van der Waals surface area contributed by atoms with Crippen molar-refractivity contribution in [2.45, 2.75) is 12.2 Å². The third-order valence-corrected chi connectivity index (χ3v) is 2.15. The largest absolute Gasteiger partial charge is 0.394 e. The predicted octanol–water partition coefficient (Wildman–Crippen LogP) is -1.65. The Bertz CT molecular complexity index is 175. The van der Waals surface area contributed by atoms with E-state index < -0.39 is 17.5 Å².